The molecule has 5 heteroatoms. The third-order valence-corrected chi connectivity index (χ3v) is 5.89. The highest BCUT2D eigenvalue weighted by Gasteiger charge is 2.24. The van der Waals surface area contributed by atoms with Crippen LogP contribution in [0.4, 0.5) is 5.69 Å². The number of unbranched alkanes of at least 4 members (excludes halogenated alkanes) is 2. The van der Waals surface area contributed by atoms with Crippen molar-refractivity contribution in [3.63, 3.8) is 0 Å². The summed E-state index contributed by atoms with van der Waals surface area (Å²) in [5.74, 6) is 0.301. The van der Waals surface area contributed by atoms with Gasteiger partial charge in [-0.25, -0.2) is 0 Å². The second-order valence-electron chi connectivity index (χ2n) is 9.57. The van der Waals surface area contributed by atoms with E-state index in [1.54, 1.807) is 13.0 Å². The first-order chi connectivity index (χ1) is 15.1. The Balaban J connectivity index is 2.32. The third kappa shape index (κ3) is 6.73. The van der Waals surface area contributed by atoms with E-state index in [4.69, 9.17) is 4.74 Å². The van der Waals surface area contributed by atoms with Gasteiger partial charge in [-0.05, 0) is 47.9 Å². The number of carbonyl (C=O) groups excluding carboxylic acids is 1. The summed E-state index contributed by atoms with van der Waals surface area (Å²) in [5, 5.41) is 23.8. The minimum absolute atomic E-state index is 0.107. The second-order valence-corrected chi connectivity index (χ2v) is 9.57. The number of aliphatic hydroxyl groups is 1. The Bertz CT molecular complexity index is 899. The van der Waals surface area contributed by atoms with E-state index < -0.39 is 6.10 Å². The van der Waals surface area contributed by atoms with Crippen LogP contribution in [0.15, 0.2) is 36.4 Å². The van der Waals surface area contributed by atoms with Crippen molar-refractivity contribution in [2.45, 2.75) is 84.2 Å². The molecule has 0 radical (unpaired) electrons. The number of nitrogens with one attached hydrogen (secondary N) is 1. The van der Waals surface area contributed by atoms with Crippen LogP contribution in [-0.2, 0) is 10.2 Å². The molecule has 2 aromatic rings. The highest BCUT2D eigenvalue weighted by molar-refractivity contribution is 5.92. The molecule has 176 valence electrons. The fourth-order valence-corrected chi connectivity index (χ4v) is 4.05. The van der Waals surface area contributed by atoms with Gasteiger partial charge in [-0.3, -0.25) is 4.79 Å². The van der Waals surface area contributed by atoms with Crippen LogP contribution in [0.25, 0.3) is 0 Å². The van der Waals surface area contributed by atoms with E-state index in [0.717, 1.165) is 48.1 Å². The Morgan fingerprint density at radius 3 is 2.47 bits per heavy atom. The molecule has 3 N–H and O–H groups in total. The average Bonchev–Trinajstić information content (AvgIpc) is 2.72. The SMILES string of the molecule is CCCCCC(CC(=O)Nc1cc(C(C)O)ccc1C(C)(C)C)c1cccc(OC)c1O. The molecule has 2 aromatic carbocycles. The predicted molar refractivity (Wildman–Crippen MR) is 131 cm³/mol. The minimum atomic E-state index is -0.616. The smallest absolute Gasteiger partial charge is 0.224 e. The number of amides is 1. The molecule has 5 nitrogen and oxygen atoms in total. The molecule has 0 saturated carbocycles. The van der Waals surface area contributed by atoms with Crippen molar-refractivity contribution >= 4 is 11.6 Å². The molecule has 0 heterocycles. The maximum Gasteiger partial charge on any atom is 0.224 e. The molecule has 2 rings (SSSR count). The quantitative estimate of drug-likeness (QED) is 0.371. The molecule has 2 atom stereocenters. The fourth-order valence-electron chi connectivity index (χ4n) is 4.05. The summed E-state index contributed by atoms with van der Waals surface area (Å²) >= 11 is 0. The number of rotatable bonds is 10. The highest BCUT2D eigenvalue weighted by Crippen LogP contribution is 2.39. The Kier molecular flexibility index (Phi) is 9.14. The fraction of sp³-hybridized carbons (Fsp3) is 0.519. The van der Waals surface area contributed by atoms with Gasteiger partial charge in [0.1, 0.15) is 0 Å². The van der Waals surface area contributed by atoms with Crippen molar-refractivity contribution in [2.24, 2.45) is 0 Å². The van der Waals surface area contributed by atoms with Gasteiger partial charge in [0.05, 0.1) is 13.2 Å². The zero-order valence-electron chi connectivity index (χ0n) is 20.4. The Morgan fingerprint density at radius 1 is 1.16 bits per heavy atom. The number of ether oxygens (including phenoxy) is 1. The van der Waals surface area contributed by atoms with Crippen LogP contribution in [0.5, 0.6) is 11.5 Å². The van der Waals surface area contributed by atoms with Crippen LogP contribution in [-0.4, -0.2) is 23.2 Å². The molecule has 0 aliphatic rings. The lowest BCUT2D eigenvalue weighted by atomic mass is 9.84. The van der Waals surface area contributed by atoms with Crippen LogP contribution in [0.3, 0.4) is 0 Å². The van der Waals surface area contributed by atoms with Crippen LogP contribution in [0, 0.1) is 0 Å². The summed E-state index contributed by atoms with van der Waals surface area (Å²) in [6.07, 6.45) is 3.59. The van der Waals surface area contributed by atoms with Gasteiger partial charge in [0.25, 0.3) is 0 Å². The van der Waals surface area contributed by atoms with Crippen molar-refractivity contribution in [1.82, 2.24) is 0 Å². The Labute approximate surface area is 192 Å². The van der Waals surface area contributed by atoms with Gasteiger partial charge in [-0.15, -0.1) is 0 Å². The number of hydrogen-bond acceptors (Lipinski definition) is 4. The monoisotopic (exact) mass is 441 g/mol. The van der Waals surface area contributed by atoms with E-state index in [1.165, 1.54) is 7.11 Å². The van der Waals surface area contributed by atoms with Gasteiger partial charge in [0.15, 0.2) is 11.5 Å². The minimum Gasteiger partial charge on any atom is -0.504 e. The molecule has 0 saturated heterocycles. The van der Waals surface area contributed by atoms with E-state index in [9.17, 15) is 15.0 Å². The van der Waals surface area contributed by atoms with Crippen molar-refractivity contribution in [2.75, 3.05) is 12.4 Å². The summed E-state index contributed by atoms with van der Waals surface area (Å²) in [5.41, 5.74) is 3.08. The standard InChI is InChI=1S/C27H39NO4/c1-7-8-9-11-20(21-12-10-13-24(32-6)26(21)31)17-25(30)28-23-16-19(18(2)29)14-15-22(23)27(3,4)5/h10,12-16,18,20,29,31H,7-9,11,17H2,1-6H3,(H,28,30). The largest absolute Gasteiger partial charge is 0.504 e. The topological polar surface area (TPSA) is 78.8 Å². The summed E-state index contributed by atoms with van der Waals surface area (Å²) in [4.78, 5) is 13.2. The number of methoxy groups -OCH3 is 1. The number of carbonyl (C=O) groups is 1. The maximum atomic E-state index is 13.2. The van der Waals surface area contributed by atoms with E-state index in [-0.39, 0.29) is 29.4 Å². The number of hydrogen-bond donors (Lipinski definition) is 3. The van der Waals surface area contributed by atoms with Gasteiger partial charge in [0.2, 0.25) is 5.91 Å². The molecule has 0 spiro atoms. The molecule has 1 amide bonds. The lowest BCUT2D eigenvalue weighted by Gasteiger charge is -2.25. The first kappa shape index (κ1) is 25.7. The highest BCUT2D eigenvalue weighted by atomic mass is 16.5. The maximum absolute atomic E-state index is 13.2. The summed E-state index contributed by atoms with van der Waals surface area (Å²) in [6.45, 7) is 10.2. The van der Waals surface area contributed by atoms with E-state index >= 15 is 0 Å². The van der Waals surface area contributed by atoms with Crippen molar-refractivity contribution in [3.05, 3.63) is 53.1 Å². The summed E-state index contributed by atoms with van der Waals surface area (Å²) in [6, 6.07) is 11.2. The number of para-hydroxylation sites is 1. The van der Waals surface area contributed by atoms with Gasteiger partial charge in [-0.1, -0.05) is 71.2 Å². The average molecular weight is 442 g/mol. The normalized spacial score (nSPS) is 13.5. The Hall–Kier alpha value is -2.53. The van der Waals surface area contributed by atoms with E-state index in [0.29, 0.717) is 5.75 Å². The number of phenols is 1. The zero-order valence-corrected chi connectivity index (χ0v) is 20.4. The van der Waals surface area contributed by atoms with Gasteiger partial charge in [-0.2, -0.15) is 0 Å². The number of aromatic hydroxyl groups is 1. The van der Waals surface area contributed by atoms with Crippen molar-refractivity contribution in [1.29, 1.82) is 0 Å². The molecule has 2 unspecified atom stereocenters. The van der Waals surface area contributed by atoms with Crippen LogP contribution >= 0.6 is 0 Å². The summed E-state index contributed by atoms with van der Waals surface area (Å²) < 4.78 is 5.28. The zero-order chi connectivity index (χ0) is 23.9. The molecule has 0 bridgehead atoms. The summed E-state index contributed by atoms with van der Waals surface area (Å²) in [7, 11) is 1.53. The first-order valence-electron chi connectivity index (χ1n) is 11.6. The molecule has 0 fully saturated rings. The van der Waals surface area contributed by atoms with Gasteiger partial charge in [0, 0.05) is 17.7 Å². The van der Waals surface area contributed by atoms with Crippen molar-refractivity contribution in [3.8, 4) is 11.5 Å². The van der Waals surface area contributed by atoms with Crippen molar-refractivity contribution < 1.29 is 19.7 Å². The number of anilines is 1. The van der Waals surface area contributed by atoms with Gasteiger partial charge < -0.3 is 20.3 Å². The molecule has 0 aliphatic carbocycles. The third-order valence-electron chi connectivity index (χ3n) is 5.89. The molecular weight excluding hydrogens is 402 g/mol. The van der Waals surface area contributed by atoms with Gasteiger partial charge >= 0.3 is 0 Å². The lowest BCUT2D eigenvalue weighted by molar-refractivity contribution is -0.116. The Morgan fingerprint density at radius 2 is 1.88 bits per heavy atom. The van der Waals surface area contributed by atoms with Crippen LogP contribution in [0.2, 0.25) is 0 Å². The van der Waals surface area contributed by atoms with Crippen LogP contribution in [0.1, 0.15) is 95.4 Å². The number of benzene rings is 2. The first-order valence-corrected chi connectivity index (χ1v) is 11.6. The predicted octanol–water partition coefficient (Wildman–Crippen LogP) is 6.44. The van der Waals surface area contributed by atoms with E-state index in [2.05, 4.69) is 33.0 Å². The number of phenolic OH excluding ortho intramolecular Hbond substituents is 1. The molecule has 0 aromatic heterocycles. The molecular formula is C27H39NO4. The lowest BCUT2D eigenvalue weighted by Crippen LogP contribution is -2.21. The number of aliphatic hydroxyl groups excluding tert-OH is 1. The van der Waals surface area contributed by atoms with E-state index in [1.807, 2.05) is 30.3 Å². The molecule has 32 heavy (non-hydrogen) atoms. The van der Waals surface area contributed by atoms with Crippen LogP contribution < -0.4 is 10.1 Å². The molecule has 0 aliphatic heterocycles. The second kappa shape index (κ2) is 11.4.